The van der Waals surface area contributed by atoms with E-state index in [1.807, 2.05) is 0 Å². The highest BCUT2D eigenvalue weighted by molar-refractivity contribution is 7.87. The van der Waals surface area contributed by atoms with Crippen LogP contribution in [0.3, 0.4) is 0 Å². The van der Waals surface area contributed by atoms with Gasteiger partial charge in [-0.1, -0.05) is 0 Å². The second-order valence-electron chi connectivity index (χ2n) is 4.14. The average molecular weight is 249 g/mol. The van der Waals surface area contributed by atoms with Gasteiger partial charge < -0.3 is 10.1 Å². The minimum Gasteiger partial charge on any atom is -0.377 e. The normalized spacial score (nSPS) is 28.4. The molecule has 0 spiro atoms. The van der Waals surface area contributed by atoms with Gasteiger partial charge in [-0.05, 0) is 12.8 Å². The van der Waals surface area contributed by atoms with Gasteiger partial charge in [0.05, 0.1) is 6.10 Å². The summed E-state index contributed by atoms with van der Waals surface area (Å²) in [4.78, 5) is 0. The van der Waals surface area contributed by atoms with Crippen molar-refractivity contribution in [2.45, 2.75) is 18.9 Å². The van der Waals surface area contributed by atoms with Gasteiger partial charge in [-0.3, -0.25) is 0 Å². The largest absolute Gasteiger partial charge is 0.377 e. The van der Waals surface area contributed by atoms with Crippen LogP contribution in [0.1, 0.15) is 12.8 Å². The average Bonchev–Trinajstić information content (AvgIpc) is 2.81. The molecule has 2 rings (SSSR count). The lowest BCUT2D eigenvalue weighted by Gasteiger charge is -2.27. The van der Waals surface area contributed by atoms with Crippen LogP contribution in [0.15, 0.2) is 0 Å². The van der Waals surface area contributed by atoms with Crippen molar-refractivity contribution in [2.75, 3.05) is 39.3 Å². The van der Waals surface area contributed by atoms with E-state index < -0.39 is 10.2 Å². The molecule has 2 fully saturated rings. The van der Waals surface area contributed by atoms with E-state index in [0.717, 1.165) is 32.5 Å². The summed E-state index contributed by atoms with van der Waals surface area (Å²) in [7, 11) is -3.31. The zero-order chi connectivity index (χ0) is 11.4. The van der Waals surface area contributed by atoms with Crippen molar-refractivity contribution in [1.29, 1.82) is 0 Å². The van der Waals surface area contributed by atoms with Crippen LogP contribution in [0, 0.1) is 0 Å². The fourth-order valence-electron chi connectivity index (χ4n) is 1.98. The Bertz CT molecular complexity index is 308. The zero-order valence-corrected chi connectivity index (χ0v) is 10.1. The van der Waals surface area contributed by atoms with Crippen molar-refractivity contribution in [1.82, 2.24) is 14.3 Å². The molecule has 0 aromatic rings. The summed E-state index contributed by atoms with van der Waals surface area (Å²) in [5.74, 6) is 0. The van der Waals surface area contributed by atoms with E-state index in [2.05, 4.69) is 10.0 Å². The molecular formula is C9H19N3O3S. The molecule has 0 aliphatic carbocycles. The van der Waals surface area contributed by atoms with Crippen LogP contribution in [0.25, 0.3) is 0 Å². The fourth-order valence-corrected chi connectivity index (χ4v) is 3.22. The summed E-state index contributed by atoms with van der Waals surface area (Å²) in [5, 5.41) is 3.13. The maximum Gasteiger partial charge on any atom is 0.279 e. The highest BCUT2D eigenvalue weighted by atomic mass is 32.2. The van der Waals surface area contributed by atoms with Gasteiger partial charge in [0.25, 0.3) is 10.2 Å². The summed E-state index contributed by atoms with van der Waals surface area (Å²) in [6.45, 7) is 3.68. The number of nitrogens with zero attached hydrogens (tertiary/aromatic N) is 1. The van der Waals surface area contributed by atoms with Gasteiger partial charge in [-0.2, -0.15) is 17.4 Å². The van der Waals surface area contributed by atoms with Gasteiger partial charge in [-0.15, -0.1) is 0 Å². The number of piperazine rings is 1. The molecular weight excluding hydrogens is 230 g/mol. The quantitative estimate of drug-likeness (QED) is 0.664. The third-order valence-electron chi connectivity index (χ3n) is 2.93. The van der Waals surface area contributed by atoms with E-state index >= 15 is 0 Å². The summed E-state index contributed by atoms with van der Waals surface area (Å²) in [6, 6.07) is 0. The van der Waals surface area contributed by atoms with Crippen molar-refractivity contribution in [3.8, 4) is 0 Å². The van der Waals surface area contributed by atoms with E-state index in [9.17, 15) is 8.42 Å². The monoisotopic (exact) mass is 249 g/mol. The molecule has 0 amide bonds. The molecule has 16 heavy (non-hydrogen) atoms. The molecule has 2 saturated heterocycles. The van der Waals surface area contributed by atoms with Crippen molar-refractivity contribution >= 4 is 10.2 Å². The van der Waals surface area contributed by atoms with Crippen molar-refractivity contribution in [3.05, 3.63) is 0 Å². The number of hydrogen-bond acceptors (Lipinski definition) is 4. The van der Waals surface area contributed by atoms with Gasteiger partial charge in [0, 0.05) is 39.3 Å². The number of rotatable bonds is 4. The molecule has 6 nitrogen and oxygen atoms in total. The van der Waals surface area contributed by atoms with Crippen molar-refractivity contribution in [3.63, 3.8) is 0 Å². The first-order chi connectivity index (χ1) is 7.68. The van der Waals surface area contributed by atoms with Gasteiger partial charge in [-0.25, -0.2) is 0 Å². The predicted octanol–water partition coefficient (Wildman–Crippen LogP) is -1.09. The zero-order valence-electron chi connectivity index (χ0n) is 9.31. The molecule has 2 aliphatic rings. The third-order valence-corrected chi connectivity index (χ3v) is 4.51. The smallest absolute Gasteiger partial charge is 0.279 e. The standard InChI is InChI=1S/C9H19N3O3S/c13-16(14,12-5-3-10-4-6-12)11-8-9-2-1-7-15-9/h9-11H,1-8H2. The van der Waals surface area contributed by atoms with Crippen LogP contribution in [0.4, 0.5) is 0 Å². The number of hydrogen-bond donors (Lipinski definition) is 2. The van der Waals surface area contributed by atoms with Crippen LogP contribution in [0.2, 0.25) is 0 Å². The van der Waals surface area contributed by atoms with Gasteiger partial charge >= 0.3 is 0 Å². The SMILES string of the molecule is O=S(=O)(NCC1CCCO1)N1CCNCC1. The molecule has 0 aromatic carbocycles. The summed E-state index contributed by atoms with van der Waals surface area (Å²) < 4.78 is 33.2. The molecule has 2 N–H and O–H groups in total. The second-order valence-corrected chi connectivity index (χ2v) is 5.89. The Hall–Kier alpha value is -0.210. The first-order valence-electron chi connectivity index (χ1n) is 5.75. The van der Waals surface area contributed by atoms with Gasteiger partial charge in [0.2, 0.25) is 0 Å². The van der Waals surface area contributed by atoms with Crippen LogP contribution < -0.4 is 10.0 Å². The summed E-state index contributed by atoms with van der Waals surface area (Å²) in [5.41, 5.74) is 0. The number of nitrogens with one attached hydrogen (secondary N) is 2. The maximum atomic E-state index is 11.9. The molecule has 0 aromatic heterocycles. The Morgan fingerprint density at radius 2 is 2.12 bits per heavy atom. The lowest BCUT2D eigenvalue weighted by molar-refractivity contribution is 0.114. The first-order valence-corrected chi connectivity index (χ1v) is 7.19. The molecule has 2 aliphatic heterocycles. The summed E-state index contributed by atoms with van der Waals surface area (Å²) in [6.07, 6.45) is 2.03. The molecule has 7 heteroatoms. The predicted molar refractivity (Wildman–Crippen MR) is 60.3 cm³/mol. The Balaban J connectivity index is 1.81. The fraction of sp³-hybridized carbons (Fsp3) is 1.00. The minimum absolute atomic E-state index is 0.0534. The van der Waals surface area contributed by atoms with Gasteiger partial charge in [0.1, 0.15) is 0 Å². The minimum atomic E-state index is -3.31. The van der Waals surface area contributed by atoms with Crippen LogP contribution in [-0.2, 0) is 14.9 Å². The third kappa shape index (κ3) is 3.14. The topological polar surface area (TPSA) is 70.7 Å². The second kappa shape index (κ2) is 5.42. The molecule has 0 bridgehead atoms. The molecule has 94 valence electrons. The summed E-state index contributed by atoms with van der Waals surface area (Å²) >= 11 is 0. The first kappa shape index (κ1) is 12.3. The Kier molecular flexibility index (Phi) is 4.15. The highest BCUT2D eigenvalue weighted by Crippen LogP contribution is 2.11. The van der Waals surface area contributed by atoms with E-state index in [4.69, 9.17) is 4.74 Å². The van der Waals surface area contributed by atoms with E-state index in [1.54, 1.807) is 0 Å². The maximum absolute atomic E-state index is 11.9. The Morgan fingerprint density at radius 3 is 2.75 bits per heavy atom. The van der Waals surface area contributed by atoms with Crippen molar-refractivity contribution < 1.29 is 13.2 Å². The van der Waals surface area contributed by atoms with E-state index in [-0.39, 0.29) is 6.10 Å². The molecule has 2 heterocycles. The molecule has 1 unspecified atom stereocenters. The number of ether oxygens (including phenoxy) is 1. The van der Waals surface area contributed by atoms with Crippen LogP contribution >= 0.6 is 0 Å². The van der Waals surface area contributed by atoms with Crippen molar-refractivity contribution in [2.24, 2.45) is 0 Å². The Morgan fingerprint density at radius 1 is 1.38 bits per heavy atom. The lowest BCUT2D eigenvalue weighted by atomic mass is 10.2. The molecule has 1 atom stereocenters. The Labute approximate surface area is 96.5 Å². The highest BCUT2D eigenvalue weighted by Gasteiger charge is 2.25. The lowest BCUT2D eigenvalue weighted by Crippen LogP contribution is -2.51. The van der Waals surface area contributed by atoms with Crippen LogP contribution in [0.5, 0.6) is 0 Å². The van der Waals surface area contributed by atoms with Crippen LogP contribution in [-0.4, -0.2) is 58.2 Å². The van der Waals surface area contributed by atoms with E-state index in [0.29, 0.717) is 19.6 Å². The molecule has 0 radical (unpaired) electrons. The molecule has 0 saturated carbocycles. The van der Waals surface area contributed by atoms with E-state index in [1.165, 1.54) is 4.31 Å². The van der Waals surface area contributed by atoms with Gasteiger partial charge in [0.15, 0.2) is 0 Å².